The van der Waals surface area contributed by atoms with Gasteiger partial charge in [-0.1, -0.05) is 42.1 Å². The summed E-state index contributed by atoms with van der Waals surface area (Å²) in [7, 11) is 0. The molecular formula is C22H17N3O2S2. The molecule has 0 atom stereocenters. The summed E-state index contributed by atoms with van der Waals surface area (Å²) in [6.07, 6.45) is 1.98. The predicted molar refractivity (Wildman–Crippen MR) is 121 cm³/mol. The van der Waals surface area contributed by atoms with Crippen LogP contribution < -0.4 is 10.9 Å². The maximum Gasteiger partial charge on any atom is 0.263 e. The van der Waals surface area contributed by atoms with Gasteiger partial charge in [-0.15, -0.1) is 11.3 Å². The smallest absolute Gasteiger partial charge is 0.263 e. The fraction of sp³-hybridized carbons (Fsp3) is 0.136. The number of aliphatic imine (C=N–C) groups is 1. The number of carbonyl (C=O) groups is 1. The Morgan fingerprint density at radius 1 is 1.17 bits per heavy atom. The summed E-state index contributed by atoms with van der Waals surface area (Å²) in [5, 5.41) is 6.65. The number of pyridine rings is 2. The molecule has 144 valence electrons. The highest BCUT2D eigenvalue weighted by atomic mass is 32.2. The van der Waals surface area contributed by atoms with Crippen LogP contribution in [-0.2, 0) is 11.2 Å². The predicted octanol–water partition coefficient (Wildman–Crippen LogP) is 3.94. The molecule has 1 aliphatic heterocycles. The SMILES string of the molecule is O=C(Cc1cc(-c2ccccc2)c(=O)n2ccc3ccsc3c12)NC1=NCCS1. The van der Waals surface area contributed by atoms with Gasteiger partial charge in [-0.05, 0) is 40.1 Å². The van der Waals surface area contributed by atoms with Crippen molar-refractivity contribution in [2.24, 2.45) is 4.99 Å². The van der Waals surface area contributed by atoms with Gasteiger partial charge in [-0.3, -0.25) is 19.0 Å². The second-order valence-corrected chi connectivity index (χ2v) is 8.75. The van der Waals surface area contributed by atoms with Crippen molar-refractivity contribution >= 4 is 49.8 Å². The molecule has 5 rings (SSSR count). The molecule has 0 saturated heterocycles. The Balaban J connectivity index is 1.69. The third-order valence-corrected chi connectivity index (χ3v) is 6.72. The van der Waals surface area contributed by atoms with Gasteiger partial charge in [0.2, 0.25) is 5.91 Å². The molecule has 3 aromatic heterocycles. The Morgan fingerprint density at radius 3 is 2.83 bits per heavy atom. The zero-order valence-corrected chi connectivity index (χ0v) is 17.1. The van der Waals surface area contributed by atoms with E-state index in [9.17, 15) is 9.59 Å². The average molecular weight is 420 g/mol. The van der Waals surface area contributed by atoms with Crippen molar-refractivity contribution in [2.75, 3.05) is 12.3 Å². The van der Waals surface area contributed by atoms with Crippen LogP contribution in [0.4, 0.5) is 0 Å². The second-order valence-electron chi connectivity index (χ2n) is 6.75. The van der Waals surface area contributed by atoms with Crippen molar-refractivity contribution in [3.63, 3.8) is 0 Å². The van der Waals surface area contributed by atoms with Gasteiger partial charge >= 0.3 is 0 Å². The van der Waals surface area contributed by atoms with Crippen LogP contribution in [-0.4, -0.2) is 27.8 Å². The van der Waals surface area contributed by atoms with E-state index in [0.29, 0.717) is 10.7 Å². The minimum Gasteiger partial charge on any atom is -0.305 e. The van der Waals surface area contributed by atoms with E-state index in [1.165, 1.54) is 0 Å². The highest BCUT2D eigenvalue weighted by molar-refractivity contribution is 8.14. The number of carbonyl (C=O) groups excluding carboxylic acids is 1. The van der Waals surface area contributed by atoms with E-state index in [1.807, 2.05) is 53.9 Å². The zero-order valence-electron chi connectivity index (χ0n) is 15.4. The number of rotatable bonds is 3. The summed E-state index contributed by atoms with van der Waals surface area (Å²) in [6, 6.07) is 15.4. The van der Waals surface area contributed by atoms with Gasteiger partial charge in [0.25, 0.3) is 5.56 Å². The summed E-state index contributed by atoms with van der Waals surface area (Å²) >= 11 is 3.14. The molecule has 4 aromatic rings. The third kappa shape index (κ3) is 3.36. The lowest BCUT2D eigenvalue weighted by atomic mass is 10.0. The minimum atomic E-state index is -0.119. The maximum absolute atomic E-state index is 13.3. The van der Waals surface area contributed by atoms with Crippen LogP contribution in [0.5, 0.6) is 0 Å². The number of aromatic nitrogens is 1. The van der Waals surface area contributed by atoms with E-state index in [4.69, 9.17) is 0 Å². The van der Waals surface area contributed by atoms with Crippen molar-refractivity contribution < 1.29 is 4.79 Å². The van der Waals surface area contributed by atoms with E-state index in [1.54, 1.807) is 33.7 Å². The molecule has 1 N–H and O–H groups in total. The van der Waals surface area contributed by atoms with Gasteiger partial charge < -0.3 is 5.32 Å². The van der Waals surface area contributed by atoms with Gasteiger partial charge in [0.1, 0.15) is 0 Å². The van der Waals surface area contributed by atoms with Crippen molar-refractivity contribution in [2.45, 2.75) is 6.42 Å². The Labute approximate surface area is 175 Å². The Kier molecular flexibility index (Phi) is 4.69. The molecule has 0 bridgehead atoms. The van der Waals surface area contributed by atoms with Gasteiger partial charge in [0.05, 0.1) is 23.2 Å². The van der Waals surface area contributed by atoms with Gasteiger partial charge in [-0.25, -0.2) is 0 Å². The molecule has 0 fully saturated rings. The van der Waals surface area contributed by atoms with Crippen LogP contribution in [0.25, 0.3) is 26.7 Å². The number of amides is 1. The molecular weight excluding hydrogens is 402 g/mol. The molecule has 29 heavy (non-hydrogen) atoms. The summed E-state index contributed by atoms with van der Waals surface area (Å²) in [6.45, 7) is 0.734. The lowest BCUT2D eigenvalue weighted by Crippen LogP contribution is -2.29. The highest BCUT2D eigenvalue weighted by Gasteiger charge is 2.18. The van der Waals surface area contributed by atoms with Gasteiger partial charge in [0, 0.05) is 17.5 Å². The number of nitrogens with zero attached hydrogens (tertiary/aromatic N) is 2. The molecule has 0 aliphatic carbocycles. The number of hydrogen-bond donors (Lipinski definition) is 1. The maximum atomic E-state index is 13.3. The Bertz CT molecular complexity index is 1320. The molecule has 4 heterocycles. The molecule has 0 saturated carbocycles. The first-order valence-corrected chi connectivity index (χ1v) is 11.1. The van der Waals surface area contributed by atoms with E-state index < -0.39 is 0 Å². The number of amidine groups is 1. The lowest BCUT2D eigenvalue weighted by Gasteiger charge is -2.12. The molecule has 5 nitrogen and oxygen atoms in total. The summed E-state index contributed by atoms with van der Waals surface area (Å²) in [5.74, 6) is 0.777. The minimum absolute atomic E-state index is 0.0821. The molecule has 1 amide bonds. The molecule has 7 heteroatoms. The molecule has 1 aliphatic rings. The van der Waals surface area contributed by atoms with Crippen LogP contribution in [0.1, 0.15) is 5.56 Å². The monoisotopic (exact) mass is 419 g/mol. The van der Waals surface area contributed by atoms with Crippen LogP contribution in [0, 0.1) is 0 Å². The first-order valence-electron chi connectivity index (χ1n) is 9.28. The van der Waals surface area contributed by atoms with E-state index in [2.05, 4.69) is 10.3 Å². The van der Waals surface area contributed by atoms with E-state index in [0.717, 1.165) is 39.0 Å². The molecule has 1 aromatic carbocycles. The molecule has 0 radical (unpaired) electrons. The average Bonchev–Trinajstić information content (AvgIpc) is 3.42. The van der Waals surface area contributed by atoms with Gasteiger partial charge in [-0.2, -0.15) is 0 Å². The van der Waals surface area contributed by atoms with Crippen molar-refractivity contribution in [1.82, 2.24) is 9.72 Å². The normalized spacial score (nSPS) is 13.7. The van der Waals surface area contributed by atoms with Crippen LogP contribution >= 0.6 is 23.1 Å². The van der Waals surface area contributed by atoms with Gasteiger partial charge in [0.15, 0.2) is 5.17 Å². The van der Waals surface area contributed by atoms with Crippen molar-refractivity contribution in [3.8, 4) is 11.1 Å². The van der Waals surface area contributed by atoms with Crippen molar-refractivity contribution in [1.29, 1.82) is 0 Å². The highest BCUT2D eigenvalue weighted by Crippen LogP contribution is 2.29. The molecule has 0 spiro atoms. The number of thioether (sulfide) groups is 1. The number of fused-ring (bicyclic) bond motifs is 3. The lowest BCUT2D eigenvalue weighted by molar-refractivity contribution is -0.118. The summed E-state index contributed by atoms with van der Waals surface area (Å²) in [4.78, 5) is 30.3. The number of benzene rings is 1. The van der Waals surface area contributed by atoms with E-state index in [-0.39, 0.29) is 17.9 Å². The molecule has 0 unspecified atom stereocenters. The first kappa shape index (κ1) is 18.1. The van der Waals surface area contributed by atoms with Crippen molar-refractivity contribution in [3.05, 3.63) is 76.0 Å². The first-order chi connectivity index (χ1) is 14.2. The quantitative estimate of drug-likeness (QED) is 0.547. The fourth-order valence-electron chi connectivity index (χ4n) is 3.59. The summed E-state index contributed by atoms with van der Waals surface area (Å²) < 4.78 is 2.69. The Morgan fingerprint density at radius 2 is 2.03 bits per heavy atom. The van der Waals surface area contributed by atoms with Crippen LogP contribution in [0.15, 0.2) is 69.9 Å². The number of hydrogen-bond acceptors (Lipinski definition) is 5. The van der Waals surface area contributed by atoms with Crippen LogP contribution in [0.2, 0.25) is 0 Å². The Hall–Kier alpha value is -2.90. The second kappa shape index (κ2) is 7.50. The zero-order chi connectivity index (χ0) is 19.8. The fourth-order valence-corrected chi connectivity index (χ4v) is 5.30. The number of thiophene rings is 1. The third-order valence-electron chi connectivity index (χ3n) is 4.89. The number of nitrogens with one attached hydrogen (secondary N) is 1. The largest absolute Gasteiger partial charge is 0.305 e. The van der Waals surface area contributed by atoms with E-state index >= 15 is 0 Å². The van der Waals surface area contributed by atoms with Crippen LogP contribution in [0.3, 0.4) is 0 Å². The summed E-state index contributed by atoms with van der Waals surface area (Å²) in [5.41, 5.74) is 2.99. The topological polar surface area (TPSA) is 62.9 Å². The standard InChI is InChI=1S/C22H17N3O2S2/c26-18(24-22-23-8-11-29-22)13-16-12-17(14-4-2-1-3-5-14)21(27)25-9-6-15-7-10-28-20(15)19(16)25/h1-7,9-10,12H,8,11,13H2,(H,23,24,26).